The fraction of sp³-hybridized carbons (Fsp3) is 0.308. The summed E-state index contributed by atoms with van der Waals surface area (Å²) in [6.07, 6.45) is 5.17. The summed E-state index contributed by atoms with van der Waals surface area (Å²) in [5, 5.41) is 3.02. The molecule has 0 fully saturated rings. The van der Waals surface area contributed by atoms with Gasteiger partial charge in [-0.25, -0.2) is 4.39 Å². The van der Waals surface area contributed by atoms with Crippen molar-refractivity contribution >= 4 is 29.9 Å². The lowest BCUT2D eigenvalue weighted by Gasteiger charge is -2.21. The van der Waals surface area contributed by atoms with Gasteiger partial charge >= 0.3 is 0 Å². The first kappa shape index (κ1) is 16.7. The number of aliphatic imine (C=N–C) groups is 1. The van der Waals surface area contributed by atoms with Crippen molar-refractivity contribution in [2.45, 2.75) is 6.54 Å². The molecule has 0 aliphatic carbocycles. The molecule has 3 nitrogen and oxygen atoms in total. The third-order valence-electron chi connectivity index (χ3n) is 2.25. The van der Waals surface area contributed by atoms with Gasteiger partial charge in [-0.1, -0.05) is 18.1 Å². The lowest BCUT2D eigenvalue weighted by molar-refractivity contribution is 0.480. The third kappa shape index (κ3) is 5.36. The Kier molecular flexibility index (Phi) is 8.12. The van der Waals surface area contributed by atoms with E-state index in [0.717, 1.165) is 5.56 Å². The Morgan fingerprint density at radius 1 is 1.44 bits per heavy atom. The Hall–Kier alpha value is -1.29. The highest BCUT2D eigenvalue weighted by Crippen LogP contribution is 2.05. The first-order chi connectivity index (χ1) is 8.17. The molecule has 5 heteroatoms. The first-order valence-electron chi connectivity index (χ1n) is 5.27. The highest BCUT2D eigenvalue weighted by atomic mass is 127. The second-order valence-corrected chi connectivity index (χ2v) is 3.59. The summed E-state index contributed by atoms with van der Waals surface area (Å²) in [4.78, 5) is 6.02. The minimum atomic E-state index is -0.230. The van der Waals surface area contributed by atoms with Crippen LogP contribution in [0, 0.1) is 18.2 Å². The van der Waals surface area contributed by atoms with Gasteiger partial charge in [0.15, 0.2) is 5.96 Å². The summed E-state index contributed by atoms with van der Waals surface area (Å²) in [5.74, 6) is 2.98. The molecule has 98 valence electrons. The molecule has 0 amide bonds. The molecule has 0 saturated heterocycles. The van der Waals surface area contributed by atoms with E-state index < -0.39 is 0 Å². The van der Waals surface area contributed by atoms with E-state index >= 15 is 0 Å². The van der Waals surface area contributed by atoms with Crippen LogP contribution in [0.2, 0.25) is 0 Å². The number of hydrogen-bond acceptors (Lipinski definition) is 1. The Balaban J connectivity index is 0.00000289. The smallest absolute Gasteiger partial charge is 0.194 e. The van der Waals surface area contributed by atoms with Gasteiger partial charge in [0, 0.05) is 20.6 Å². The molecule has 1 rings (SSSR count). The number of guanidine groups is 1. The number of benzene rings is 1. The Morgan fingerprint density at radius 3 is 2.56 bits per heavy atom. The molecule has 1 aromatic rings. The van der Waals surface area contributed by atoms with E-state index in [1.807, 2.05) is 11.9 Å². The molecule has 0 radical (unpaired) electrons. The largest absolute Gasteiger partial charge is 0.345 e. The summed E-state index contributed by atoms with van der Waals surface area (Å²) in [7, 11) is 3.59. The fourth-order valence-electron chi connectivity index (χ4n) is 1.45. The van der Waals surface area contributed by atoms with Crippen molar-refractivity contribution in [3.05, 3.63) is 35.6 Å². The lowest BCUT2D eigenvalue weighted by Crippen LogP contribution is -2.38. The number of nitrogens with zero attached hydrogens (tertiary/aromatic N) is 2. The average molecular weight is 361 g/mol. The number of halogens is 2. The van der Waals surface area contributed by atoms with Crippen LogP contribution in [-0.4, -0.2) is 31.5 Å². The molecule has 18 heavy (non-hydrogen) atoms. The molecule has 0 aromatic heterocycles. The first-order valence-corrected chi connectivity index (χ1v) is 5.27. The minimum Gasteiger partial charge on any atom is -0.345 e. The van der Waals surface area contributed by atoms with Gasteiger partial charge in [-0.15, -0.1) is 30.4 Å². The number of terminal acetylenes is 1. The van der Waals surface area contributed by atoms with E-state index in [-0.39, 0.29) is 29.8 Å². The zero-order chi connectivity index (χ0) is 12.7. The number of rotatable bonds is 3. The predicted molar refractivity (Wildman–Crippen MR) is 83.5 cm³/mol. The van der Waals surface area contributed by atoms with Crippen molar-refractivity contribution in [1.29, 1.82) is 0 Å². The van der Waals surface area contributed by atoms with Crippen LogP contribution in [0.4, 0.5) is 4.39 Å². The molecule has 0 spiro atoms. The standard InChI is InChI=1S/C13H16FN3.HI/c1-4-9-16-13(15-2)17(3)10-11-5-7-12(14)8-6-11;/h1,5-8H,9-10H2,2-3H3,(H,15,16);1H. The fourth-order valence-corrected chi connectivity index (χ4v) is 1.45. The molecule has 0 heterocycles. The van der Waals surface area contributed by atoms with E-state index in [0.29, 0.717) is 19.0 Å². The maximum Gasteiger partial charge on any atom is 0.194 e. The van der Waals surface area contributed by atoms with Crippen LogP contribution < -0.4 is 5.32 Å². The normalized spacial score (nSPS) is 10.2. The third-order valence-corrected chi connectivity index (χ3v) is 2.25. The Morgan fingerprint density at radius 2 is 2.06 bits per heavy atom. The van der Waals surface area contributed by atoms with Crippen LogP contribution in [-0.2, 0) is 6.54 Å². The molecule has 0 bridgehead atoms. The molecule has 1 aromatic carbocycles. The molecule has 0 aliphatic heterocycles. The summed E-state index contributed by atoms with van der Waals surface area (Å²) in [6.45, 7) is 1.07. The van der Waals surface area contributed by atoms with E-state index in [1.165, 1.54) is 12.1 Å². The van der Waals surface area contributed by atoms with E-state index in [9.17, 15) is 4.39 Å². The van der Waals surface area contributed by atoms with Gasteiger partial charge in [0.2, 0.25) is 0 Å². The van der Waals surface area contributed by atoms with Crippen molar-refractivity contribution in [2.75, 3.05) is 20.6 Å². The molecule has 0 aliphatic rings. The summed E-state index contributed by atoms with van der Waals surface area (Å²) in [5.41, 5.74) is 1.01. The quantitative estimate of drug-likeness (QED) is 0.387. The minimum absolute atomic E-state index is 0. The van der Waals surface area contributed by atoms with E-state index in [1.54, 1.807) is 19.2 Å². The Bertz CT molecular complexity index is 423. The number of hydrogen-bond donors (Lipinski definition) is 1. The zero-order valence-electron chi connectivity index (χ0n) is 10.5. The maximum atomic E-state index is 12.7. The van der Waals surface area contributed by atoms with Gasteiger partial charge in [-0.2, -0.15) is 0 Å². The molecule has 1 N–H and O–H groups in total. The van der Waals surface area contributed by atoms with Gasteiger partial charge in [0.1, 0.15) is 5.82 Å². The van der Waals surface area contributed by atoms with Crippen LogP contribution >= 0.6 is 24.0 Å². The van der Waals surface area contributed by atoms with Crippen LogP contribution in [0.25, 0.3) is 0 Å². The maximum absolute atomic E-state index is 12.7. The van der Waals surface area contributed by atoms with E-state index in [2.05, 4.69) is 16.2 Å². The van der Waals surface area contributed by atoms with Crippen molar-refractivity contribution in [3.63, 3.8) is 0 Å². The van der Waals surface area contributed by atoms with Crippen molar-refractivity contribution in [3.8, 4) is 12.3 Å². The van der Waals surface area contributed by atoms with Crippen LogP contribution in [0.5, 0.6) is 0 Å². The lowest BCUT2D eigenvalue weighted by atomic mass is 10.2. The molecular formula is C13H17FIN3. The molecular weight excluding hydrogens is 344 g/mol. The SMILES string of the molecule is C#CCNC(=NC)N(C)Cc1ccc(F)cc1.I. The summed E-state index contributed by atoms with van der Waals surface area (Å²) >= 11 is 0. The molecule has 0 unspecified atom stereocenters. The highest BCUT2D eigenvalue weighted by Gasteiger charge is 2.05. The van der Waals surface area contributed by atoms with Crippen molar-refractivity contribution < 1.29 is 4.39 Å². The summed E-state index contributed by atoms with van der Waals surface area (Å²) < 4.78 is 12.7. The number of nitrogens with one attached hydrogen (secondary N) is 1. The van der Waals surface area contributed by atoms with Crippen LogP contribution in [0.3, 0.4) is 0 Å². The average Bonchev–Trinajstić information content (AvgIpc) is 2.33. The van der Waals surface area contributed by atoms with Crippen molar-refractivity contribution in [1.82, 2.24) is 10.2 Å². The van der Waals surface area contributed by atoms with Gasteiger partial charge in [0.05, 0.1) is 6.54 Å². The second-order valence-electron chi connectivity index (χ2n) is 3.59. The monoisotopic (exact) mass is 361 g/mol. The predicted octanol–water partition coefficient (Wildman–Crippen LogP) is 2.08. The highest BCUT2D eigenvalue weighted by molar-refractivity contribution is 14.0. The van der Waals surface area contributed by atoms with Gasteiger partial charge in [0.25, 0.3) is 0 Å². The zero-order valence-corrected chi connectivity index (χ0v) is 12.8. The van der Waals surface area contributed by atoms with Gasteiger partial charge in [-0.3, -0.25) is 4.99 Å². The Labute approximate surface area is 124 Å². The van der Waals surface area contributed by atoms with Gasteiger partial charge in [-0.05, 0) is 17.7 Å². The van der Waals surface area contributed by atoms with E-state index in [4.69, 9.17) is 6.42 Å². The van der Waals surface area contributed by atoms with Gasteiger partial charge < -0.3 is 10.2 Å². The van der Waals surface area contributed by atoms with Crippen LogP contribution in [0.15, 0.2) is 29.3 Å². The topological polar surface area (TPSA) is 27.6 Å². The second kappa shape index (κ2) is 8.75. The van der Waals surface area contributed by atoms with Crippen LogP contribution in [0.1, 0.15) is 5.56 Å². The molecule has 0 saturated carbocycles. The summed E-state index contributed by atoms with van der Waals surface area (Å²) in [6, 6.07) is 6.39. The molecule has 0 atom stereocenters. The van der Waals surface area contributed by atoms with Crippen molar-refractivity contribution in [2.24, 2.45) is 4.99 Å².